The van der Waals surface area contributed by atoms with Crippen molar-refractivity contribution in [1.29, 1.82) is 0 Å². The van der Waals surface area contributed by atoms with Gasteiger partial charge in [0.15, 0.2) is 5.65 Å². The molecule has 0 aliphatic carbocycles. The number of sulfonamides is 1. The minimum absolute atomic E-state index is 0.00364. The smallest absolute Gasteiger partial charge is 0.322 e. The minimum Gasteiger partial charge on any atom is -0.459 e. The number of piperidine rings is 1. The van der Waals surface area contributed by atoms with Crippen LogP contribution in [0.5, 0.6) is 6.01 Å². The van der Waals surface area contributed by atoms with E-state index in [1.165, 1.54) is 0 Å². The lowest BCUT2D eigenvalue weighted by atomic mass is 10.1. The molecule has 2 N–H and O–H groups in total. The molecule has 1 unspecified atom stereocenters. The lowest BCUT2D eigenvalue weighted by Gasteiger charge is -2.32. The molecule has 11 nitrogen and oxygen atoms in total. The van der Waals surface area contributed by atoms with Gasteiger partial charge < -0.3 is 20.3 Å². The highest BCUT2D eigenvalue weighted by Crippen LogP contribution is 2.26. The fraction of sp³-hybridized carbons (Fsp3) is 0.560. The highest BCUT2D eigenvalue weighted by Gasteiger charge is 2.29. The standard InChI is InChI=1S/C25H36N8O3S/c1-18(2)21-17-28-33-23(21)29-25(36-20-8-6-10-26-16-20)30-24(33)27-15-19-7-4-5-9-22(19)37(34,35)32-13-11-31(3)12-14-32/h4-5,7,9,17-18,20,26H,6,8,10-16H2,1-3H3,(H,27,29,30). The molecule has 5 rings (SSSR count). The Morgan fingerprint density at radius 2 is 1.95 bits per heavy atom. The van der Waals surface area contributed by atoms with Gasteiger partial charge in [0, 0.05) is 44.8 Å². The predicted molar refractivity (Wildman–Crippen MR) is 141 cm³/mol. The number of anilines is 1. The number of rotatable bonds is 8. The molecule has 0 bridgehead atoms. The Balaban J connectivity index is 1.43. The molecular weight excluding hydrogens is 492 g/mol. The maximum atomic E-state index is 13.5. The van der Waals surface area contributed by atoms with Gasteiger partial charge in [-0.25, -0.2) is 8.42 Å². The first-order valence-electron chi connectivity index (χ1n) is 13.0. The number of hydrogen-bond donors (Lipinski definition) is 2. The molecule has 0 spiro atoms. The first-order chi connectivity index (χ1) is 17.8. The van der Waals surface area contributed by atoms with Crippen LogP contribution in [0.4, 0.5) is 5.95 Å². The molecule has 1 atom stereocenters. The van der Waals surface area contributed by atoms with Crippen LogP contribution >= 0.6 is 0 Å². The number of hydrogen-bond acceptors (Lipinski definition) is 9. The molecule has 1 aromatic carbocycles. The van der Waals surface area contributed by atoms with Crippen molar-refractivity contribution in [2.45, 2.75) is 50.2 Å². The molecule has 2 saturated heterocycles. The average molecular weight is 529 g/mol. The number of piperazine rings is 1. The number of nitrogens with zero attached hydrogens (tertiary/aromatic N) is 6. The molecule has 3 aromatic rings. The summed E-state index contributed by atoms with van der Waals surface area (Å²) in [4.78, 5) is 11.8. The van der Waals surface area contributed by atoms with E-state index in [1.54, 1.807) is 27.2 Å². The van der Waals surface area contributed by atoms with Crippen LogP contribution in [0.2, 0.25) is 0 Å². The van der Waals surface area contributed by atoms with Crippen LogP contribution in [0, 0.1) is 0 Å². The molecule has 2 aliphatic rings. The Morgan fingerprint density at radius 3 is 2.68 bits per heavy atom. The molecule has 0 radical (unpaired) electrons. The van der Waals surface area contributed by atoms with Gasteiger partial charge in [0.1, 0.15) is 6.10 Å². The highest BCUT2D eigenvalue weighted by molar-refractivity contribution is 7.89. The second kappa shape index (κ2) is 10.9. The van der Waals surface area contributed by atoms with Crippen molar-refractivity contribution in [2.24, 2.45) is 0 Å². The minimum atomic E-state index is -3.62. The van der Waals surface area contributed by atoms with E-state index >= 15 is 0 Å². The Morgan fingerprint density at radius 1 is 1.16 bits per heavy atom. The van der Waals surface area contributed by atoms with Crippen molar-refractivity contribution >= 4 is 21.6 Å². The molecule has 200 valence electrons. The van der Waals surface area contributed by atoms with Crippen molar-refractivity contribution in [3.05, 3.63) is 41.6 Å². The number of fused-ring (bicyclic) bond motifs is 1. The van der Waals surface area contributed by atoms with Crippen LogP contribution < -0.4 is 15.4 Å². The van der Waals surface area contributed by atoms with Gasteiger partial charge >= 0.3 is 6.01 Å². The van der Waals surface area contributed by atoms with E-state index in [-0.39, 0.29) is 18.6 Å². The molecule has 2 aromatic heterocycles. The van der Waals surface area contributed by atoms with Crippen LogP contribution in [-0.2, 0) is 16.6 Å². The highest BCUT2D eigenvalue weighted by atomic mass is 32.2. The summed E-state index contributed by atoms with van der Waals surface area (Å²) in [5.74, 6) is 0.682. The average Bonchev–Trinajstić information content (AvgIpc) is 3.33. The number of aromatic nitrogens is 4. The van der Waals surface area contributed by atoms with Crippen LogP contribution in [0.3, 0.4) is 0 Å². The SMILES string of the molecule is CC(C)c1cnn2c(NCc3ccccc3S(=O)(=O)N3CCN(C)CC3)nc(OC3CCCNC3)nc12. The largest absolute Gasteiger partial charge is 0.459 e. The lowest BCUT2D eigenvalue weighted by molar-refractivity contribution is 0.153. The molecule has 2 aliphatic heterocycles. The summed E-state index contributed by atoms with van der Waals surface area (Å²) in [6, 6.07) is 7.43. The number of ether oxygens (including phenoxy) is 1. The fourth-order valence-corrected chi connectivity index (χ4v) is 6.41. The van der Waals surface area contributed by atoms with E-state index in [0.29, 0.717) is 41.2 Å². The van der Waals surface area contributed by atoms with E-state index < -0.39 is 10.0 Å². The van der Waals surface area contributed by atoms with E-state index in [0.717, 1.165) is 44.6 Å². The van der Waals surface area contributed by atoms with E-state index in [1.807, 2.05) is 19.2 Å². The maximum absolute atomic E-state index is 13.5. The number of likely N-dealkylation sites (N-methyl/N-ethyl adjacent to an activating group) is 1. The topological polar surface area (TPSA) is 117 Å². The van der Waals surface area contributed by atoms with Gasteiger partial charge in [-0.05, 0) is 44.0 Å². The molecule has 4 heterocycles. The van der Waals surface area contributed by atoms with Crippen molar-refractivity contribution in [1.82, 2.24) is 34.1 Å². The first kappa shape index (κ1) is 25.8. The third kappa shape index (κ3) is 5.57. The van der Waals surface area contributed by atoms with Crippen LogP contribution in [0.1, 0.15) is 43.7 Å². The van der Waals surface area contributed by atoms with Crippen molar-refractivity contribution in [3.63, 3.8) is 0 Å². The molecule has 2 fully saturated rings. The van der Waals surface area contributed by atoms with Gasteiger partial charge in [-0.1, -0.05) is 32.0 Å². The third-order valence-electron chi connectivity index (χ3n) is 7.01. The second-order valence-electron chi connectivity index (χ2n) is 10.1. The Hall–Kier alpha value is -2.80. The molecular formula is C25H36N8O3S. The zero-order chi connectivity index (χ0) is 26.0. The van der Waals surface area contributed by atoms with Crippen LogP contribution in [0.15, 0.2) is 35.4 Å². The second-order valence-corrected chi connectivity index (χ2v) is 12.0. The van der Waals surface area contributed by atoms with E-state index in [2.05, 4.69) is 44.4 Å². The van der Waals surface area contributed by atoms with Crippen LogP contribution in [0.25, 0.3) is 5.65 Å². The summed E-state index contributed by atoms with van der Waals surface area (Å²) >= 11 is 0. The Bertz CT molecular complexity index is 1330. The van der Waals surface area contributed by atoms with Gasteiger partial charge in [0.25, 0.3) is 0 Å². The fourth-order valence-electron chi connectivity index (χ4n) is 4.76. The summed E-state index contributed by atoms with van der Waals surface area (Å²) in [5, 5.41) is 11.2. The maximum Gasteiger partial charge on any atom is 0.322 e. The van der Waals surface area contributed by atoms with E-state index in [4.69, 9.17) is 4.74 Å². The Kier molecular flexibility index (Phi) is 7.61. The van der Waals surface area contributed by atoms with Gasteiger partial charge in [-0.2, -0.15) is 23.9 Å². The van der Waals surface area contributed by atoms with Gasteiger partial charge in [-0.15, -0.1) is 0 Å². The molecule has 0 amide bonds. The lowest BCUT2D eigenvalue weighted by Crippen LogP contribution is -2.47. The van der Waals surface area contributed by atoms with Crippen molar-refractivity contribution < 1.29 is 13.2 Å². The molecule has 37 heavy (non-hydrogen) atoms. The van der Waals surface area contributed by atoms with E-state index in [9.17, 15) is 8.42 Å². The summed E-state index contributed by atoms with van der Waals surface area (Å²) in [5.41, 5.74) is 2.35. The quantitative estimate of drug-likeness (QED) is 0.452. The summed E-state index contributed by atoms with van der Waals surface area (Å²) < 4.78 is 36.4. The summed E-state index contributed by atoms with van der Waals surface area (Å²) in [6.45, 7) is 8.59. The predicted octanol–water partition coefficient (Wildman–Crippen LogP) is 1.93. The summed E-state index contributed by atoms with van der Waals surface area (Å²) in [7, 11) is -1.61. The van der Waals surface area contributed by atoms with Gasteiger partial charge in [-0.3, -0.25) is 0 Å². The first-order valence-corrected chi connectivity index (χ1v) is 14.4. The number of benzene rings is 1. The van der Waals surface area contributed by atoms with Crippen molar-refractivity contribution in [2.75, 3.05) is 51.6 Å². The zero-order valence-corrected chi connectivity index (χ0v) is 22.5. The van der Waals surface area contributed by atoms with Crippen molar-refractivity contribution in [3.8, 4) is 6.01 Å². The number of nitrogens with one attached hydrogen (secondary N) is 2. The molecule has 0 saturated carbocycles. The van der Waals surface area contributed by atoms with Gasteiger partial charge in [0.2, 0.25) is 16.0 Å². The van der Waals surface area contributed by atoms with Gasteiger partial charge in [0.05, 0.1) is 11.1 Å². The van der Waals surface area contributed by atoms with Crippen LogP contribution in [-0.4, -0.2) is 89.6 Å². The Labute approximate surface area is 218 Å². The molecule has 12 heteroatoms. The normalized spacial score (nSPS) is 19.9. The summed E-state index contributed by atoms with van der Waals surface area (Å²) in [6.07, 6.45) is 3.79. The zero-order valence-electron chi connectivity index (χ0n) is 21.7. The third-order valence-corrected chi connectivity index (χ3v) is 9.01. The monoisotopic (exact) mass is 528 g/mol.